The van der Waals surface area contributed by atoms with E-state index in [1.54, 1.807) is 0 Å². The maximum absolute atomic E-state index is 13.6. The van der Waals surface area contributed by atoms with Crippen LogP contribution in [0.15, 0.2) is 0 Å². The van der Waals surface area contributed by atoms with Crippen LogP contribution in [-0.4, -0.2) is 35.7 Å². The van der Waals surface area contributed by atoms with Crippen molar-refractivity contribution < 1.29 is 22.4 Å². The van der Waals surface area contributed by atoms with Gasteiger partial charge in [-0.2, -0.15) is 13.2 Å². The van der Waals surface area contributed by atoms with Gasteiger partial charge < -0.3 is 4.90 Å². The fraction of sp³-hybridized carbons (Fsp3) is 0.909. The van der Waals surface area contributed by atoms with Gasteiger partial charge in [0.05, 0.1) is 6.04 Å². The monoisotopic (exact) mass is 255 g/mol. The van der Waals surface area contributed by atoms with Crippen molar-refractivity contribution in [1.29, 1.82) is 0 Å². The van der Waals surface area contributed by atoms with E-state index >= 15 is 0 Å². The normalized spacial score (nSPS) is 26.1. The zero-order chi connectivity index (χ0) is 13.1. The summed E-state index contributed by atoms with van der Waals surface area (Å²) in [6.07, 6.45) is -3.98. The lowest BCUT2D eigenvalue weighted by atomic mass is 9.95. The third-order valence-electron chi connectivity index (χ3n) is 3.05. The number of unbranched alkanes of at least 4 members (excludes halogenated alkanes) is 1. The van der Waals surface area contributed by atoms with Crippen LogP contribution in [0.4, 0.5) is 17.6 Å². The summed E-state index contributed by atoms with van der Waals surface area (Å²) in [5, 5.41) is 0. The van der Waals surface area contributed by atoms with Gasteiger partial charge in [0.1, 0.15) is 6.17 Å². The number of hydrogen-bond acceptors (Lipinski definition) is 1. The first-order valence-corrected chi connectivity index (χ1v) is 5.89. The summed E-state index contributed by atoms with van der Waals surface area (Å²) < 4.78 is 50.6. The Kier molecular flexibility index (Phi) is 4.77. The number of hydrogen-bond donors (Lipinski definition) is 0. The van der Waals surface area contributed by atoms with E-state index in [1.807, 2.05) is 6.92 Å². The van der Waals surface area contributed by atoms with Crippen LogP contribution in [-0.2, 0) is 4.79 Å². The number of carbonyl (C=O) groups excluding carboxylic acids is 1. The Hall–Kier alpha value is -0.810. The Bertz CT molecular complexity index is 267. The van der Waals surface area contributed by atoms with Gasteiger partial charge in [-0.15, -0.1) is 0 Å². The summed E-state index contributed by atoms with van der Waals surface area (Å²) in [7, 11) is 0. The first kappa shape index (κ1) is 14.3. The van der Waals surface area contributed by atoms with Crippen LogP contribution in [0.1, 0.15) is 39.0 Å². The molecule has 17 heavy (non-hydrogen) atoms. The largest absolute Gasteiger partial charge is 0.471 e. The summed E-state index contributed by atoms with van der Waals surface area (Å²) in [4.78, 5) is 11.8. The molecular weight excluding hydrogens is 238 g/mol. The van der Waals surface area contributed by atoms with Crippen LogP contribution in [0.25, 0.3) is 0 Å². The van der Waals surface area contributed by atoms with Gasteiger partial charge in [0, 0.05) is 6.54 Å². The van der Waals surface area contributed by atoms with Crippen LogP contribution < -0.4 is 0 Å². The fourth-order valence-electron chi connectivity index (χ4n) is 2.18. The molecule has 0 N–H and O–H groups in total. The second-order valence-corrected chi connectivity index (χ2v) is 4.36. The number of amides is 1. The lowest BCUT2D eigenvalue weighted by molar-refractivity contribution is -0.191. The third kappa shape index (κ3) is 3.57. The zero-order valence-electron chi connectivity index (χ0n) is 9.76. The van der Waals surface area contributed by atoms with E-state index in [0.717, 1.165) is 6.42 Å². The molecule has 1 saturated heterocycles. The molecule has 100 valence electrons. The minimum atomic E-state index is -4.90. The summed E-state index contributed by atoms with van der Waals surface area (Å²) in [6, 6.07) is -0.905. The quantitative estimate of drug-likeness (QED) is 0.710. The van der Waals surface area contributed by atoms with E-state index in [2.05, 4.69) is 0 Å². The van der Waals surface area contributed by atoms with Crippen molar-refractivity contribution in [3.63, 3.8) is 0 Å². The molecule has 0 spiro atoms. The summed E-state index contributed by atoms with van der Waals surface area (Å²) in [5.41, 5.74) is 0. The molecule has 6 heteroatoms. The lowest BCUT2D eigenvalue weighted by Gasteiger charge is -2.38. The summed E-state index contributed by atoms with van der Waals surface area (Å²) >= 11 is 0. The summed E-state index contributed by atoms with van der Waals surface area (Å²) in [5.74, 6) is -1.90. The molecule has 1 heterocycles. The Morgan fingerprint density at radius 3 is 2.59 bits per heavy atom. The number of alkyl halides is 4. The Morgan fingerprint density at radius 1 is 1.41 bits per heavy atom. The number of piperidine rings is 1. The first-order chi connectivity index (χ1) is 7.88. The maximum atomic E-state index is 13.6. The van der Waals surface area contributed by atoms with Crippen molar-refractivity contribution in [2.75, 3.05) is 6.54 Å². The SMILES string of the molecule is CCCCC1C(F)CCCN1C(=O)C(F)(F)F. The second kappa shape index (κ2) is 5.69. The lowest BCUT2D eigenvalue weighted by Crippen LogP contribution is -2.53. The Balaban J connectivity index is 2.75. The average Bonchev–Trinajstić information content (AvgIpc) is 2.25. The van der Waals surface area contributed by atoms with E-state index < -0.39 is 24.3 Å². The molecule has 0 aromatic rings. The molecule has 1 rings (SSSR count). The molecular formula is C11H17F4NO. The van der Waals surface area contributed by atoms with Crippen molar-refractivity contribution in [2.24, 2.45) is 0 Å². The molecule has 1 aliphatic heterocycles. The van der Waals surface area contributed by atoms with E-state index in [4.69, 9.17) is 0 Å². The molecule has 1 fully saturated rings. The molecule has 0 aromatic carbocycles. The molecule has 0 aliphatic carbocycles. The highest BCUT2D eigenvalue weighted by atomic mass is 19.4. The highest BCUT2D eigenvalue weighted by molar-refractivity contribution is 5.82. The van der Waals surface area contributed by atoms with Gasteiger partial charge in [-0.3, -0.25) is 4.79 Å². The number of nitrogens with zero attached hydrogens (tertiary/aromatic N) is 1. The number of likely N-dealkylation sites (tertiary alicyclic amines) is 1. The van der Waals surface area contributed by atoms with E-state index in [1.165, 1.54) is 0 Å². The molecule has 0 bridgehead atoms. The van der Waals surface area contributed by atoms with Gasteiger partial charge in [-0.05, 0) is 19.3 Å². The molecule has 0 radical (unpaired) electrons. The number of rotatable bonds is 3. The predicted octanol–water partition coefficient (Wildman–Crippen LogP) is 3.07. The molecule has 0 aromatic heterocycles. The molecule has 1 amide bonds. The highest BCUT2D eigenvalue weighted by Crippen LogP contribution is 2.29. The van der Waals surface area contributed by atoms with Gasteiger partial charge in [-0.25, -0.2) is 4.39 Å². The van der Waals surface area contributed by atoms with Crippen LogP contribution in [0.5, 0.6) is 0 Å². The van der Waals surface area contributed by atoms with E-state index in [9.17, 15) is 22.4 Å². The van der Waals surface area contributed by atoms with Gasteiger partial charge in [0.25, 0.3) is 0 Å². The molecule has 2 unspecified atom stereocenters. The fourth-order valence-corrected chi connectivity index (χ4v) is 2.18. The highest BCUT2D eigenvalue weighted by Gasteiger charge is 2.47. The van der Waals surface area contributed by atoms with Gasteiger partial charge in [0.15, 0.2) is 0 Å². The predicted molar refractivity (Wildman–Crippen MR) is 55.2 cm³/mol. The van der Waals surface area contributed by atoms with Crippen LogP contribution in [0.3, 0.4) is 0 Å². The third-order valence-corrected chi connectivity index (χ3v) is 3.05. The van der Waals surface area contributed by atoms with E-state index in [0.29, 0.717) is 24.2 Å². The van der Waals surface area contributed by atoms with Crippen LogP contribution in [0.2, 0.25) is 0 Å². The standard InChI is InChI=1S/C11H17F4NO/c1-2-3-6-9-8(12)5-4-7-16(9)10(17)11(13,14)15/h8-9H,2-7H2,1H3. The van der Waals surface area contributed by atoms with Crippen molar-refractivity contribution in [2.45, 2.75) is 57.4 Å². The van der Waals surface area contributed by atoms with Crippen molar-refractivity contribution in [1.82, 2.24) is 4.90 Å². The minimum absolute atomic E-state index is 0.00709. The van der Waals surface area contributed by atoms with Gasteiger partial charge in [-0.1, -0.05) is 19.8 Å². The van der Waals surface area contributed by atoms with Gasteiger partial charge >= 0.3 is 12.1 Å². The molecule has 1 aliphatic rings. The number of halogens is 4. The first-order valence-electron chi connectivity index (χ1n) is 5.89. The Morgan fingerprint density at radius 2 is 2.06 bits per heavy atom. The Labute approximate surface area is 98.0 Å². The smallest absolute Gasteiger partial charge is 0.329 e. The maximum Gasteiger partial charge on any atom is 0.471 e. The van der Waals surface area contributed by atoms with Crippen molar-refractivity contribution in [3.8, 4) is 0 Å². The van der Waals surface area contributed by atoms with Crippen LogP contribution in [0, 0.1) is 0 Å². The second-order valence-electron chi connectivity index (χ2n) is 4.36. The van der Waals surface area contributed by atoms with Crippen LogP contribution >= 0.6 is 0 Å². The minimum Gasteiger partial charge on any atom is -0.329 e. The molecule has 2 atom stereocenters. The molecule has 2 nitrogen and oxygen atoms in total. The topological polar surface area (TPSA) is 20.3 Å². The molecule has 0 saturated carbocycles. The van der Waals surface area contributed by atoms with Crippen molar-refractivity contribution >= 4 is 5.91 Å². The summed E-state index contributed by atoms with van der Waals surface area (Å²) in [6.45, 7) is 1.89. The van der Waals surface area contributed by atoms with Crippen molar-refractivity contribution in [3.05, 3.63) is 0 Å². The van der Waals surface area contributed by atoms with Gasteiger partial charge in [0.2, 0.25) is 0 Å². The average molecular weight is 255 g/mol. The number of carbonyl (C=O) groups is 1. The van der Waals surface area contributed by atoms with E-state index in [-0.39, 0.29) is 13.0 Å². The zero-order valence-corrected chi connectivity index (χ0v) is 9.76.